The normalized spacial score (nSPS) is 22.6. The van der Waals surface area contributed by atoms with Crippen LogP contribution in [-0.4, -0.2) is 34.0 Å². The third-order valence-corrected chi connectivity index (χ3v) is 5.84. The van der Waals surface area contributed by atoms with E-state index in [1.54, 1.807) is 22.8 Å². The molecule has 1 atom stereocenters. The summed E-state index contributed by atoms with van der Waals surface area (Å²) in [6.07, 6.45) is 4.57. The molecule has 0 radical (unpaired) electrons. The van der Waals surface area contributed by atoms with Gasteiger partial charge in [0.15, 0.2) is 21.3 Å². The first-order valence-corrected chi connectivity index (χ1v) is 8.09. The van der Waals surface area contributed by atoms with E-state index in [0.717, 1.165) is 12.8 Å². The van der Waals surface area contributed by atoms with Crippen LogP contribution in [0.1, 0.15) is 25.1 Å². The van der Waals surface area contributed by atoms with Gasteiger partial charge in [-0.05, 0) is 25.0 Å². The predicted octanol–water partition coefficient (Wildman–Crippen LogP) is 0.821. The molecule has 1 fully saturated rings. The standard InChI is InChI=1S/C12H16N4O2S/c13-10-5-3-6-16-12(10)14-11(15-16)8-9-4-1-2-7-19(9,17)18/h3,5-6,9H,1-2,4,7-8,13H2. The minimum absolute atomic E-state index is 0.285. The second-order valence-electron chi connectivity index (χ2n) is 4.95. The SMILES string of the molecule is Nc1cccn2nc(CC3CCCCS3(=O)=O)nc12. The Bertz CT molecular complexity index is 708. The fourth-order valence-electron chi connectivity index (χ4n) is 2.51. The Morgan fingerprint density at radius 3 is 3.00 bits per heavy atom. The van der Waals surface area contributed by atoms with E-state index in [1.165, 1.54) is 0 Å². The number of nitrogens with zero attached hydrogens (tertiary/aromatic N) is 3. The monoisotopic (exact) mass is 280 g/mol. The van der Waals surface area contributed by atoms with E-state index in [9.17, 15) is 8.42 Å². The van der Waals surface area contributed by atoms with Crippen LogP contribution >= 0.6 is 0 Å². The number of nitrogen functional groups attached to an aromatic ring is 1. The molecule has 3 heterocycles. The summed E-state index contributed by atoms with van der Waals surface area (Å²) in [5.74, 6) is 0.834. The molecule has 0 bridgehead atoms. The first-order chi connectivity index (χ1) is 9.06. The molecule has 0 spiro atoms. The van der Waals surface area contributed by atoms with Gasteiger partial charge in [0, 0.05) is 12.6 Å². The number of fused-ring (bicyclic) bond motifs is 1. The van der Waals surface area contributed by atoms with Gasteiger partial charge in [-0.15, -0.1) is 0 Å². The Kier molecular flexibility index (Phi) is 2.93. The van der Waals surface area contributed by atoms with Gasteiger partial charge in [0.1, 0.15) is 0 Å². The van der Waals surface area contributed by atoms with Crippen molar-refractivity contribution in [2.75, 3.05) is 11.5 Å². The van der Waals surface area contributed by atoms with Crippen LogP contribution in [0.2, 0.25) is 0 Å². The molecule has 2 aromatic heterocycles. The lowest BCUT2D eigenvalue weighted by Crippen LogP contribution is -2.30. The average molecular weight is 280 g/mol. The predicted molar refractivity (Wildman–Crippen MR) is 72.5 cm³/mol. The van der Waals surface area contributed by atoms with Crippen LogP contribution < -0.4 is 5.73 Å². The van der Waals surface area contributed by atoms with Gasteiger partial charge in [-0.2, -0.15) is 5.10 Å². The molecule has 6 nitrogen and oxygen atoms in total. The minimum atomic E-state index is -2.99. The van der Waals surface area contributed by atoms with E-state index >= 15 is 0 Å². The molecule has 0 aromatic carbocycles. The third kappa shape index (κ3) is 2.30. The molecule has 3 rings (SSSR count). The van der Waals surface area contributed by atoms with Gasteiger partial charge in [-0.1, -0.05) is 6.42 Å². The van der Waals surface area contributed by atoms with Crippen molar-refractivity contribution in [2.24, 2.45) is 0 Å². The second kappa shape index (κ2) is 4.48. The first kappa shape index (κ1) is 12.4. The zero-order valence-electron chi connectivity index (χ0n) is 10.5. The van der Waals surface area contributed by atoms with E-state index < -0.39 is 9.84 Å². The van der Waals surface area contributed by atoms with Gasteiger partial charge in [-0.3, -0.25) is 0 Å². The van der Waals surface area contributed by atoms with Crippen molar-refractivity contribution in [3.8, 4) is 0 Å². The van der Waals surface area contributed by atoms with Gasteiger partial charge in [-0.25, -0.2) is 17.9 Å². The van der Waals surface area contributed by atoms with Crippen LogP contribution in [0, 0.1) is 0 Å². The van der Waals surface area contributed by atoms with Gasteiger partial charge in [0.05, 0.1) is 16.7 Å². The lowest BCUT2D eigenvalue weighted by molar-refractivity contribution is 0.534. The summed E-state index contributed by atoms with van der Waals surface area (Å²) in [5.41, 5.74) is 6.95. The largest absolute Gasteiger partial charge is 0.396 e. The lowest BCUT2D eigenvalue weighted by atomic mass is 10.1. The summed E-state index contributed by atoms with van der Waals surface area (Å²) in [6, 6.07) is 3.54. The summed E-state index contributed by atoms with van der Waals surface area (Å²) in [7, 11) is -2.99. The van der Waals surface area contributed by atoms with Crippen molar-refractivity contribution in [1.29, 1.82) is 0 Å². The van der Waals surface area contributed by atoms with E-state index in [4.69, 9.17) is 5.73 Å². The van der Waals surface area contributed by atoms with Crippen molar-refractivity contribution in [3.63, 3.8) is 0 Å². The zero-order chi connectivity index (χ0) is 13.5. The number of rotatable bonds is 2. The van der Waals surface area contributed by atoms with Crippen LogP contribution in [0.25, 0.3) is 5.65 Å². The molecule has 0 aliphatic carbocycles. The van der Waals surface area contributed by atoms with Gasteiger partial charge < -0.3 is 5.73 Å². The van der Waals surface area contributed by atoms with Gasteiger partial charge in [0.25, 0.3) is 0 Å². The van der Waals surface area contributed by atoms with Gasteiger partial charge in [0.2, 0.25) is 0 Å². The van der Waals surface area contributed by atoms with Crippen molar-refractivity contribution < 1.29 is 8.42 Å². The summed E-state index contributed by atoms with van der Waals surface area (Å²) in [5, 5.41) is 3.95. The molecule has 1 unspecified atom stereocenters. The second-order valence-corrected chi connectivity index (χ2v) is 7.35. The number of nitrogens with two attached hydrogens (primary N) is 1. The third-order valence-electron chi connectivity index (χ3n) is 3.56. The maximum atomic E-state index is 12.0. The van der Waals surface area contributed by atoms with Crippen molar-refractivity contribution in [2.45, 2.75) is 30.9 Å². The smallest absolute Gasteiger partial charge is 0.178 e. The molecule has 1 aliphatic heterocycles. The molecule has 19 heavy (non-hydrogen) atoms. The minimum Gasteiger partial charge on any atom is -0.396 e. The number of sulfone groups is 1. The number of aromatic nitrogens is 3. The lowest BCUT2D eigenvalue weighted by Gasteiger charge is -2.20. The number of pyridine rings is 1. The molecular formula is C12H16N4O2S. The zero-order valence-corrected chi connectivity index (χ0v) is 11.3. The Morgan fingerprint density at radius 1 is 1.42 bits per heavy atom. The molecular weight excluding hydrogens is 264 g/mol. The summed E-state index contributed by atoms with van der Waals surface area (Å²) in [6.45, 7) is 0. The fraction of sp³-hybridized carbons (Fsp3) is 0.500. The Labute approximate surface area is 111 Å². The fourth-order valence-corrected chi connectivity index (χ4v) is 4.38. The quantitative estimate of drug-likeness (QED) is 0.879. The van der Waals surface area contributed by atoms with Gasteiger partial charge >= 0.3 is 0 Å². The highest BCUT2D eigenvalue weighted by molar-refractivity contribution is 7.92. The first-order valence-electron chi connectivity index (χ1n) is 6.37. The van der Waals surface area contributed by atoms with Crippen LogP contribution in [-0.2, 0) is 16.3 Å². The van der Waals surface area contributed by atoms with Crippen molar-refractivity contribution in [3.05, 3.63) is 24.2 Å². The van der Waals surface area contributed by atoms with E-state index in [-0.39, 0.29) is 11.0 Å². The van der Waals surface area contributed by atoms with Crippen LogP contribution in [0.15, 0.2) is 18.3 Å². The molecule has 2 aromatic rings. The Morgan fingerprint density at radius 2 is 2.26 bits per heavy atom. The summed E-state index contributed by atoms with van der Waals surface area (Å²) >= 11 is 0. The molecule has 0 saturated carbocycles. The maximum Gasteiger partial charge on any atom is 0.178 e. The van der Waals surface area contributed by atoms with Crippen LogP contribution in [0.3, 0.4) is 0 Å². The van der Waals surface area contributed by atoms with E-state index in [2.05, 4.69) is 10.1 Å². The van der Waals surface area contributed by atoms with E-state index in [0.29, 0.717) is 30.0 Å². The summed E-state index contributed by atoms with van der Waals surface area (Å²) in [4.78, 5) is 4.33. The van der Waals surface area contributed by atoms with E-state index in [1.807, 2.05) is 0 Å². The molecule has 2 N–H and O–H groups in total. The topological polar surface area (TPSA) is 90.4 Å². The molecule has 7 heteroatoms. The Hall–Kier alpha value is -1.63. The Balaban J connectivity index is 1.91. The molecule has 1 aliphatic rings. The number of hydrogen-bond donors (Lipinski definition) is 1. The van der Waals surface area contributed by atoms with Crippen LogP contribution in [0.4, 0.5) is 5.69 Å². The molecule has 0 amide bonds. The maximum absolute atomic E-state index is 12.0. The summed E-state index contributed by atoms with van der Waals surface area (Å²) < 4.78 is 25.6. The molecule has 1 saturated heterocycles. The number of anilines is 1. The van der Waals surface area contributed by atoms with Crippen molar-refractivity contribution >= 4 is 21.2 Å². The highest BCUT2D eigenvalue weighted by atomic mass is 32.2. The highest BCUT2D eigenvalue weighted by Crippen LogP contribution is 2.22. The molecule has 102 valence electrons. The van der Waals surface area contributed by atoms with Crippen LogP contribution in [0.5, 0.6) is 0 Å². The van der Waals surface area contributed by atoms with Crippen molar-refractivity contribution in [1.82, 2.24) is 14.6 Å². The highest BCUT2D eigenvalue weighted by Gasteiger charge is 2.30. The average Bonchev–Trinajstić information content (AvgIpc) is 2.76. The number of hydrogen-bond acceptors (Lipinski definition) is 5.